The van der Waals surface area contributed by atoms with Crippen LogP contribution in [-0.2, 0) is 20.7 Å². The molecule has 1 fully saturated rings. The standard InChI is InChI=1S/C13H19NO4/c1-13(2)17-9-11(18-13)8-14-12(15)6-5-10-4-3-7-16-10/h3-4,7,11H,5-6,8-9H2,1-2H3,(H,14,15). The molecule has 1 N–H and O–H groups in total. The van der Waals surface area contributed by atoms with Gasteiger partial charge in [0.2, 0.25) is 5.91 Å². The van der Waals surface area contributed by atoms with Gasteiger partial charge < -0.3 is 19.2 Å². The van der Waals surface area contributed by atoms with Gasteiger partial charge in [-0.05, 0) is 26.0 Å². The second-order valence-electron chi connectivity index (χ2n) is 4.83. The van der Waals surface area contributed by atoms with Gasteiger partial charge in [-0.3, -0.25) is 4.79 Å². The van der Waals surface area contributed by atoms with E-state index in [1.807, 2.05) is 26.0 Å². The molecule has 1 aromatic rings. The molecule has 1 aromatic heterocycles. The summed E-state index contributed by atoms with van der Waals surface area (Å²) in [5.41, 5.74) is 0. The number of furan rings is 1. The van der Waals surface area contributed by atoms with Crippen molar-refractivity contribution in [2.24, 2.45) is 0 Å². The third-order valence-corrected chi connectivity index (χ3v) is 2.77. The lowest BCUT2D eigenvalue weighted by Gasteiger charge is -2.17. The Hall–Kier alpha value is -1.33. The van der Waals surface area contributed by atoms with Crippen LogP contribution in [0.25, 0.3) is 0 Å². The van der Waals surface area contributed by atoms with Crippen LogP contribution >= 0.6 is 0 Å². The molecule has 1 unspecified atom stereocenters. The zero-order valence-electron chi connectivity index (χ0n) is 10.8. The molecule has 100 valence electrons. The molecule has 0 radical (unpaired) electrons. The molecule has 0 saturated carbocycles. The SMILES string of the molecule is CC1(C)OCC(CNC(=O)CCc2ccco2)O1. The maximum Gasteiger partial charge on any atom is 0.220 e. The van der Waals surface area contributed by atoms with Crippen molar-refractivity contribution in [3.05, 3.63) is 24.2 Å². The predicted molar refractivity (Wildman–Crippen MR) is 64.9 cm³/mol. The van der Waals surface area contributed by atoms with E-state index in [0.29, 0.717) is 26.0 Å². The van der Waals surface area contributed by atoms with Gasteiger partial charge in [-0.25, -0.2) is 0 Å². The number of aryl methyl sites for hydroxylation is 1. The molecule has 0 aliphatic carbocycles. The minimum Gasteiger partial charge on any atom is -0.469 e. The van der Waals surface area contributed by atoms with E-state index in [-0.39, 0.29) is 12.0 Å². The number of carbonyl (C=O) groups excluding carboxylic acids is 1. The van der Waals surface area contributed by atoms with Crippen LogP contribution < -0.4 is 5.32 Å². The van der Waals surface area contributed by atoms with Gasteiger partial charge in [-0.1, -0.05) is 0 Å². The van der Waals surface area contributed by atoms with Crippen molar-refractivity contribution in [3.8, 4) is 0 Å². The molecular weight excluding hydrogens is 234 g/mol. The fourth-order valence-corrected chi connectivity index (χ4v) is 1.87. The molecule has 2 rings (SSSR count). The topological polar surface area (TPSA) is 60.7 Å². The summed E-state index contributed by atoms with van der Waals surface area (Å²) in [6, 6.07) is 3.68. The molecule has 5 nitrogen and oxygen atoms in total. The summed E-state index contributed by atoms with van der Waals surface area (Å²) in [5, 5.41) is 2.84. The molecule has 1 aliphatic rings. The molecule has 2 heterocycles. The second kappa shape index (κ2) is 5.54. The highest BCUT2D eigenvalue weighted by Crippen LogP contribution is 2.21. The van der Waals surface area contributed by atoms with Crippen LogP contribution in [0.4, 0.5) is 0 Å². The van der Waals surface area contributed by atoms with Crippen LogP contribution in [0.2, 0.25) is 0 Å². The highest BCUT2D eigenvalue weighted by Gasteiger charge is 2.32. The van der Waals surface area contributed by atoms with Gasteiger partial charge in [0, 0.05) is 19.4 Å². The van der Waals surface area contributed by atoms with Crippen LogP contribution in [0.15, 0.2) is 22.8 Å². The summed E-state index contributed by atoms with van der Waals surface area (Å²) in [5.74, 6) is 0.287. The lowest BCUT2D eigenvalue weighted by molar-refractivity contribution is -0.139. The lowest BCUT2D eigenvalue weighted by atomic mass is 10.2. The van der Waals surface area contributed by atoms with E-state index < -0.39 is 5.79 Å². The van der Waals surface area contributed by atoms with Gasteiger partial charge in [0.1, 0.15) is 11.9 Å². The molecule has 0 aromatic carbocycles. The summed E-state index contributed by atoms with van der Waals surface area (Å²) in [6.45, 7) is 4.74. The quantitative estimate of drug-likeness (QED) is 0.863. The molecule has 0 spiro atoms. The Morgan fingerprint density at radius 2 is 2.39 bits per heavy atom. The van der Waals surface area contributed by atoms with E-state index in [1.165, 1.54) is 0 Å². The summed E-state index contributed by atoms with van der Waals surface area (Å²) >= 11 is 0. The number of nitrogens with one attached hydrogen (secondary N) is 1. The van der Waals surface area contributed by atoms with Crippen molar-refractivity contribution in [1.82, 2.24) is 5.32 Å². The molecule has 1 aliphatic heterocycles. The van der Waals surface area contributed by atoms with Crippen molar-refractivity contribution in [2.75, 3.05) is 13.2 Å². The first-order chi connectivity index (χ1) is 8.55. The van der Waals surface area contributed by atoms with Crippen molar-refractivity contribution in [1.29, 1.82) is 0 Å². The molecule has 5 heteroatoms. The number of hydrogen-bond donors (Lipinski definition) is 1. The summed E-state index contributed by atoms with van der Waals surface area (Å²) in [6.07, 6.45) is 2.59. The molecule has 1 saturated heterocycles. The Morgan fingerprint density at radius 1 is 1.56 bits per heavy atom. The monoisotopic (exact) mass is 253 g/mol. The largest absolute Gasteiger partial charge is 0.469 e. The summed E-state index contributed by atoms with van der Waals surface area (Å²) < 4.78 is 16.2. The summed E-state index contributed by atoms with van der Waals surface area (Å²) in [7, 11) is 0. The van der Waals surface area contributed by atoms with Gasteiger partial charge in [-0.15, -0.1) is 0 Å². The van der Waals surface area contributed by atoms with Crippen LogP contribution in [0.5, 0.6) is 0 Å². The third kappa shape index (κ3) is 3.85. The number of amides is 1. The zero-order chi connectivity index (χ0) is 13.0. The highest BCUT2D eigenvalue weighted by molar-refractivity contribution is 5.76. The van der Waals surface area contributed by atoms with E-state index >= 15 is 0 Å². The summed E-state index contributed by atoms with van der Waals surface area (Å²) in [4.78, 5) is 11.6. The molecule has 1 atom stereocenters. The molecule has 1 amide bonds. The maximum absolute atomic E-state index is 11.6. The van der Waals surface area contributed by atoms with Crippen molar-refractivity contribution >= 4 is 5.91 Å². The van der Waals surface area contributed by atoms with Gasteiger partial charge >= 0.3 is 0 Å². The van der Waals surface area contributed by atoms with Crippen LogP contribution in [0.3, 0.4) is 0 Å². The zero-order valence-corrected chi connectivity index (χ0v) is 10.8. The Bertz CT molecular complexity index is 386. The smallest absolute Gasteiger partial charge is 0.220 e. The van der Waals surface area contributed by atoms with Gasteiger partial charge in [-0.2, -0.15) is 0 Å². The minimum absolute atomic E-state index is 0.000272. The van der Waals surface area contributed by atoms with Crippen molar-refractivity contribution < 1.29 is 18.7 Å². The number of ether oxygens (including phenoxy) is 2. The number of carbonyl (C=O) groups is 1. The first kappa shape index (κ1) is 13.1. The van der Waals surface area contributed by atoms with E-state index in [2.05, 4.69) is 5.32 Å². The molecule has 0 bridgehead atoms. The Morgan fingerprint density at radius 3 is 3.00 bits per heavy atom. The Labute approximate surface area is 106 Å². The van der Waals surface area contributed by atoms with Gasteiger partial charge in [0.15, 0.2) is 5.79 Å². The van der Waals surface area contributed by atoms with Crippen molar-refractivity contribution in [2.45, 2.75) is 38.6 Å². The Balaban J connectivity index is 1.63. The molecule has 18 heavy (non-hydrogen) atoms. The average molecular weight is 253 g/mol. The van der Waals surface area contributed by atoms with Crippen LogP contribution in [-0.4, -0.2) is 30.9 Å². The van der Waals surface area contributed by atoms with E-state index in [9.17, 15) is 4.79 Å². The number of hydrogen-bond acceptors (Lipinski definition) is 4. The van der Waals surface area contributed by atoms with E-state index in [0.717, 1.165) is 5.76 Å². The normalized spacial score (nSPS) is 22.0. The first-order valence-corrected chi connectivity index (χ1v) is 6.16. The van der Waals surface area contributed by atoms with Crippen molar-refractivity contribution in [3.63, 3.8) is 0 Å². The van der Waals surface area contributed by atoms with E-state index in [4.69, 9.17) is 13.9 Å². The van der Waals surface area contributed by atoms with Crippen LogP contribution in [0, 0.1) is 0 Å². The van der Waals surface area contributed by atoms with E-state index in [1.54, 1.807) is 6.26 Å². The Kier molecular flexibility index (Phi) is 4.04. The predicted octanol–water partition coefficient (Wildman–Crippen LogP) is 1.48. The average Bonchev–Trinajstić information content (AvgIpc) is 2.93. The third-order valence-electron chi connectivity index (χ3n) is 2.77. The fraction of sp³-hybridized carbons (Fsp3) is 0.615. The highest BCUT2D eigenvalue weighted by atomic mass is 16.7. The van der Waals surface area contributed by atoms with Crippen LogP contribution in [0.1, 0.15) is 26.0 Å². The lowest BCUT2D eigenvalue weighted by Crippen LogP contribution is -2.34. The fourth-order valence-electron chi connectivity index (χ4n) is 1.87. The van der Waals surface area contributed by atoms with Gasteiger partial charge in [0.25, 0.3) is 0 Å². The first-order valence-electron chi connectivity index (χ1n) is 6.16. The molecular formula is C13H19NO4. The second-order valence-corrected chi connectivity index (χ2v) is 4.83. The minimum atomic E-state index is -0.538. The maximum atomic E-state index is 11.6. The van der Waals surface area contributed by atoms with Gasteiger partial charge in [0.05, 0.1) is 12.9 Å². The number of rotatable bonds is 5.